The summed E-state index contributed by atoms with van der Waals surface area (Å²) in [6.07, 6.45) is 1.98. The molecular weight excluding hydrogens is 208 g/mol. The van der Waals surface area contributed by atoms with Crippen molar-refractivity contribution in [2.75, 3.05) is 0 Å². The first-order valence-electron chi connectivity index (χ1n) is 6.13. The fourth-order valence-corrected chi connectivity index (χ4v) is 2.17. The highest BCUT2D eigenvalue weighted by Gasteiger charge is 2.11. The number of rotatable bonds is 4. The summed E-state index contributed by atoms with van der Waals surface area (Å²) in [5, 5.41) is 9.80. The maximum atomic E-state index is 9.80. The van der Waals surface area contributed by atoms with Crippen LogP contribution in [0.3, 0.4) is 0 Å². The summed E-state index contributed by atoms with van der Waals surface area (Å²) in [5.41, 5.74) is 2.38. The molecule has 17 heavy (non-hydrogen) atoms. The summed E-state index contributed by atoms with van der Waals surface area (Å²) in [4.78, 5) is 0. The molecular formula is C16H18O. The van der Waals surface area contributed by atoms with Crippen molar-refractivity contribution in [3.8, 4) is 5.75 Å². The maximum Gasteiger partial charge on any atom is 0.118 e. The molecule has 0 fully saturated rings. The van der Waals surface area contributed by atoms with Gasteiger partial charge in [-0.1, -0.05) is 55.5 Å². The molecule has 0 saturated carbocycles. The van der Waals surface area contributed by atoms with Gasteiger partial charge in [-0.05, 0) is 36.0 Å². The van der Waals surface area contributed by atoms with Crippen LogP contribution < -0.4 is 0 Å². The van der Waals surface area contributed by atoms with Crippen molar-refractivity contribution in [3.05, 3.63) is 65.7 Å². The van der Waals surface area contributed by atoms with Crippen LogP contribution in [0.25, 0.3) is 0 Å². The average molecular weight is 226 g/mol. The molecule has 0 heterocycles. The fraction of sp³-hybridized carbons (Fsp3) is 0.250. The lowest BCUT2D eigenvalue weighted by atomic mass is 9.90. The Morgan fingerprint density at radius 2 is 1.59 bits per heavy atom. The zero-order valence-electron chi connectivity index (χ0n) is 10.1. The first kappa shape index (κ1) is 11.7. The van der Waals surface area contributed by atoms with Crippen molar-refractivity contribution in [1.82, 2.24) is 0 Å². The van der Waals surface area contributed by atoms with Gasteiger partial charge in [0.2, 0.25) is 0 Å². The van der Waals surface area contributed by atoms with E-state index in [4.69, 9.17) is 0 Å². The summed E-state index contributed by atoms with van der Waals surface area (Å²) >= 11 is 0. The lowest BCUT2D eigenvalue weighted by Gasteiger charge is -2.16. The second-order valence-electron chi connectivity index (χ2n) is 4.35. The molecule has 0 spiro atoms. The van der Waals surface area contributed by atoms with Gasteiger partial charge in [0, 0.05) is 0 Å². The molecule has 1 N–H and O–H groups in total. The van der Waals surface area contributed by atoms with Gasteiger partial charge in [-0.3, -0.25) is 0 Å². The van der Waals surface area contributed by atoms with Crippen molar-refractivity contribution >= 4 is 0 Å². The SMILES string of the molecule is CCC(Cc1ccccc1O)c1ccccc1. The number of para-hydroxylation sites is 1. The first-order chi connectivity index (χ1) is 8.31. The molecule has 1 atom stereocenters. The fourth-order valence-electron chi connectivity index (χ4n) is 2.17. The molecule has 1 heteroatoms. The third-order valence-corrected chi connectivity index (χ3v) is 3.22. The van der Waals surface area contributed by atoms with E-state index in [1.165, 1.54) is 5.56 Å². The molecule has 2 rings (SSSR count). The van der Waals surface area contributed by atoms with Crippen LogP contribution in [0.1, 0.15) is 30.4 Å². The van der Waals surface area contributed by atoms with Crippen LogP contribution in [0.15, 0.2) is 54.6 Å². The Hall–Kier alpha value is -1.76. The van der Waals surface area contributed by atoms with Crippen molar-refractivity contribution in [2.24, 2.45) is 0 Å². The van der Waals surface area contributed by atoms with Crippen LogP contribution in [0, 0.1) is 0 Å². The number of phenols is 1. The zero-order valence-corrected chi connectivity index (χ0v) is 10.1. The van der Waals surface area contributed by atoms with Crippen molar-refractivity contribution in [3.63, 3.8) is 0 Å². The topological polar surface area (TPSA) is 20.2 Å². The highest BCUT2D eigenvalue weighted by Crippen LogP contribution is 2.27. The van der Waals surface area contributed by atoms with Crippen molar-refractivity contribution in [2.45, 2.75) is 25.7 Å². The normalized spacial score (nSPS) is 12.3. The quantitative estimate of drug-likeness (QED) is 0.831. The number of phenolic OH excluding ortho intramolecular Hbond substituents is 1. The molecule has 0 aliphatic rings. The van der Waals surface area contributed by atoms with Gasteiger partial charge in [-0.2, -0.15) is 0 Å². The molecule has 0 bridgehead atoms. The average Bonchev–Trinajstić information content (AvgIpc) is 2.39. The highest BCUT2D eigenvalue weighted by molar-refractivity contribution is 5.34. The van der Waals surface area contributed by atoms with Crippen molar-refractivity contribution in [1.29, 1.82) is 0 Å². The molecule has 1 nitrogen and oxygen atoms in total. The summed E-state index contributed by atoms with van der Waals surface area (Å²) in [6.45, 7) is 2.19. The van der Waals surface area contributed by atoms with Crippen molar-refractivity contribution < 1.29 is 5.11 Å². The standard InChI is InChI=1S/C16H18O/c1-2-13(14-8-4-3-5-9-14)12-15-10-6-7-11-16(15)17/h3-11,13,17H,2,12H2,1H3. The number of hydrogen-bond donors (Lipinski definition) is 1. The largest absolute Gasteiger partial charge is 0.508 e. The maximum absolute atomic E-state index is 9.80. The van der Waals surface area contributed by atoms with E-state index < -0.39 is 0 Å². The van der Waals surface area contributed by atoms with Crippen LogP contribution in [-0.4, -0.2) is 5.11 Å². The number of aromatic hydroxyl groups is 1. The van der Waals surface area contributed by atoms with Gasteiger partial charge in [0.15, 0.2) is 0 Å². The number of benzene rings is 2. The summed E-state index contributed by atoms with van der Waals surface area (Å²) in [7, 11) is 0. The molecule has 2 aromatic rings. The number of hydrogen-bond acceptors (Lipinski definition) is 1. The predicted molar refractivity (Wildman–Crippen MR) is 71.3 cm³/mol. The molecule has 0 saturated heterocycles. The molecule has 2 aromatic carbocycles. The summed E-state index contributed by atoms with van der Waals surface area (Å²) in [5.74, 6) is 0.881. The van der Waals surface area contributed by atoms with Gasteiger partial charge in [-0.15, -0.1) is 0 Å². The van der Waals surface area contributed by atoms with Gasteiger partial charge in [0.1, 0.15) is 5.75 Å². The van der Waals surface area contributed by atoms with Crippen LogP contribution >= 0.6 is 0 Å². The predicted octanol–water partition coefficient (Wildman–Crippen LogP) is 4.13. The molecule has 0 aliphatic heterocycles. The lowest BCUT2D eigenvalue weighted by Crippen LogP contribution is -2.01. The first-order valence-corrected chi connectivity index (χ1v) is 6.13. The minimum absolute atomic E-state index is 0.405. The molecule has 0 aliphatic carbocycles. The Labute approximate surface area is 103 Å². The Balaban J connectivity index is 2.19. The van der Waals surface area contributed by atoms with E-state index in [-0.39, 0.29) is 0 Å². The Morgan fingerprint density at radius 1 is 0.941 bits per heavy atom. The van der Waals surface area contributed by atoms with Crippen LogP contribution in [0.5, 0.6) is 5.75 Å². The smallest absolute Gasteiger partial charge is 0.118 e. The Bertz CT molecular complexity index is 462. The van der Waals surface area contributed by atoms with Gasteiger partial charge in [0.05, 0.1) is 0 Å². The molecule has 88 valence electrons. The Kier molecular flexibility index (Phi) is 3.81. The van der Waals surface area contributed by atoms with E-state index >= 15 is 0 Å². The monoisotopic (exact) mass is 226 g/mol. The summed E-state index contributed by atoms with van der Waals surface area (Å²) < 4.78 is 0. The Morgan fingerprint density at radius 3 is 2.24 bits per heavy atom. The van der Waals surface area contributed by atoms with E-state index in [1.807, 2.05) is 24.3 Å². The van der Waals surface area contributed by atoms with Gasteiger partial charge in [0.25, 0.3) is 0 Å². The molecule has 1 unspecified atom stereocenters. The summed E-state index contributed by atoms with van der Waals surface area (Å²) in [6, 6.07) is 18.1. The minimum atomic E-state index is 0.405. The van der Waals surface area contributed by atoms with Gasteiger partial charge < -0.3 is 5.11 Å². The van der Waals surface area contributed by atoms with E-state index in [0.29, 0.717) is 11.7 Å². The zero-order chi connectivity index (χ0) is 12.1. The second-order valence-corrected chi connectivity index (χ2v) is 4.35. The van der Waals surface area contributed by atoms with Crippen LogP contribution in [0.2, 0.25) is 0 Å². The van der Waals surface area contributed by atoms with Crippen LogP contribution in [0.4, 0.5) is 0 Å². The van der Waals surface area contributed by atoms with Gasteiger partial charge >= 0.3 is 0 Å². The van der Waals surface area contributed by atoms with E-state index in [2.05, 4.69) is 31.2 Å². The molecule has 0 aromatic heterocycles. The lowest BCUT2D eigenvalue weighted by molar-refractivity contribution is 0.464. The third-order valence-electron chi connectivity index (χ3n) is 3.22. The minimum Gasteiger partial charge on any atom is -0.508 e. The third kappa shape index (κ3) is 2.88. The van der Waals surface area contributed by atoms with Crippen LogP contribution in [-0.2, 0) is 6.42 Å². The molecule has 0 radical (unpaired) electrons. The molecule has 0 amide bonds. The highest BCUT2D eigenvalue weighted by atomic mass is 16.3. The second kappa shape index (κ2) is 5.53. The van der Waals surface area contributed by atoms with E-state index in [1.54, 1.807) is 6.07 Å². The van der Waals surface area contributed by atoms with E-state index in [9.17, 15) is 5.11 Å². The van der Waals surface area contributed by atoms with E-state index in [0.717, 1.165) is 18.4 Å². The van der Waals surface area contributed by atoms with Gasteiger partial charge in [-0.25, -0.2) is 0 Å².